The van der Waals surface area contributed by atoms with Gasteiger partial charge in [-0.3, -0.25) is 14.5 Å². The summed E-state index contributed by atoms with van der Waals surface area (Å²) in [5.74, 6) is -2.47. The van der Waals surface area contributed by atoms with Gasteiger partial charge < -0.3 is 14.7 Å². The highest BCUT2D eigenvalue weighted by atomic mass is 19.1. The lowest BCUT2D eigenvalue weighted by molar-refractivity contribution is -0.151. The number of carbonyl (C=O) groups excluding carboxylic acids is 2. The van der Waals surface area contributed by atoms with Crippen molar-refractivity contribution in [3.05, 3.63) is 35.9 Å². The molecular weight excluding hydrogens is 422 g/mol. The minimum Gasteiger partial charge on any atom is -0.480 e. The van der Waals surface area contributed by atoms with Crippen molar-refractivity contribution < 1.29 is 33.0 Å². The first kappa shape index (κ1) is 27.3. The van der Waals surface area contributed by atoms with Crippen molar-refractivity contribution in [3.8, 4) is 0 Å². The molecule has 0 saturated heterocycles. The highest BCUT2D eigenvalue weighted by Crippen LogP contribution is 2.36. The Hall–Kier alpha value is -2.71. The van der Waals surface area contributed by atoms with Crippen LogP contribution < -0.4 is 0 Å². The van der Waals surface area contributed by atoms with E-state index in [-0.39, 0.29) is 12.5 Å². The summed E-state index contributed by atoms with van der Waals surface area (Å²) in [6.07, 6.45) is 3.19. The Morgan fingerprint density at radius 2 is 1.62 bits per heavy atom. The van der Waals surface area contributed by atoms with Crippen molar-refractivity contribution >= 4 is 18.0 Å². The van der Waals surface area contributed by atoms with Crippen LogP contribution in [0.1, 0.15) is 59.8 Å². The minimum absolute atomic E-state index is 0.322. The summed E-state index contributed by atoms with van der Waals surface area (Å²) in [5.41, 5.74) is -1.67. The van der Waals surface area contributed by atoms with Crippen molar-refractivity contribution in [1.29, 1.82) is 0 Å². The maximum atomic E-state index is 13.0. The van der Waals surface area contributed by atoms with E-state index in [1.165, 1.54) is 35.0 Å². The molecule has 2 amide bonds. The Bertz CT molecular complexity index is 772. The smallest absolute Gasteiger partial charge is 0.411 e. The van der Waals surface area contributed by atoms with Crippen LogP contribution in [0.25, 0.3) is 0 Å². The lowest BCUT2D eigenvalue weighted by atomic mass is 9.79. The largest absolute Gasteiger partial charge is 0.480 e. The number of hydrogen-bond acceptors (Lipinski definition) is 4. The molecule has 1 fully saturated rings. The molecule has 1 aromatic carbocycles. The number of rotatable bonds is 5. The number of carbonyl (C=O) groups is 3. The summed E-state index contributed by atoms with van der Waals surface area (Å²) < 4.78 is 29.3. The van der Waals surface area contributed by atoms with Crippen molar-refractivity contribution in [2.24, 2.45) is 0 Å². The predicted molar refractivity (Wildman–Crippen MR) is 116 cm³/mol. The third-order valence-electron chi connectivity index (χ3n) is 5.03. The molecule has 1 aliphatic carbocycles. The zero-order valence-corrected chi connectivity index (χ0v) is 19.5. The van der Waals surface area contributed by atoms with Crippen molar-refractivity contribution in [2.45, 2.75) is 70.9 Å². The highest BCUT2D eigenvalue weighted by molar-refractivity contribution is 5.92. The first-order valence-electron chi connectivity index (χ1n) is 10.7. The highest BCUT2D eigenvalue weighted by Gasteiger charge is 2.49. The second-order valence-electron chi connectivity index (χ2n) is 8.81. The molecular formula is C23H34F2N2O5. The van der Waals surface area contributed by atoms with Crippen LogP contribution in [0.5, 0.6) is 0 Å². The fraction of sp³-hybridized carbons (Fsp3) is 0.609. The van der Waals surface area contributed by atoms with Gasteiger partial charge in [0.15, 0.2) is 0 Å². The maximum absolute atomic E-state index is 13.0. The molecule has 1 N–H and O–H groups in total. The number of carboxylic acids is 1. The predicted octanol–water partition coefficient (Wildman–Crippen LogP) is 4.45. The number of benzene rings is 1. The van der Waals surface area contributed by atoms with Gasteiger partial charge in [0.05, 0.1) is 0 Å². The van der Waals surface area contributed by atoms with Crippen LogP contribution >= 0.6 is 0 Å². The summed E-state index contributed by atoms with van der Waals surface area (Å²) in [7, 11) is 1.47. The van der Waals surface area contributed by atoms with E-state index in [4.69, 9.17) is 9.84 Å². The average molecular weight is 457 g/mol. The summed E-state index contributed by atoms with van der Waals surface area (Å²) in [4.78, 5) is 39.3. The van der Waals surface area contributed by atoms with Crippen LogP contribution in [0.2, 0.25) is 0 Å². The number of aliphatic carboxylic acids is 1. The number of hydrogen-bond donors (Lipinski definition) is 1. The van der Waals surface area contributed by atoms with Gasteiger partial charge in [-0.1, -0.05) is 25.3 Å². The standard InChI is InChI=1S/C17H30N2O5.C6H4F2/c1-6-19(15(23)24-16(2,3)4)17(10-8-7-9-11-17)14(22)18(5)12-13(20)21;7-5-2-1-3-6(8)4-5/h6-12H2,1-5H3,(H,20,21);1-4H. The van der Waals surface area contributed by atoms with E-state index < -0.39 is 34.8 Å². The lowest BCUT2D eigenvalue weighted by Crippen LogP contribution is -2.62. The van der Waals surface area contributed by atoms with Crippen LogP contribution in [-0.2, 0) is 14.3 Å². The SMILES string of the molecule is CCN(C(=O)OC(C)(C)C)C1(C(=O)N(C)CC(=O)O)CCCCC1.Fc1cccc(F)c1. The number of carboxylic acid groups (broad SMARTS) is 1. The first-order valence-corrected chi connectivity index (χ1v) is 10.7. The van der Waals surface area contributed by atoms with Gasteiger partial charge in [0.1, 0.15) is 29.3 Å². The third kappa shape index (κ3) is 8.09. The van der Waals surface area contributed by atoms with E-state index in [0.29, 0.717) is 19.4 Å². The van der Waals surface area contributed by atoms with Crippen molar-refractivity contribution in [3.63, 3.8) is 0 Å². The van der Waals surface area contributed by atoms with Gasteiger partial charge in [0.2, 0.25) is 5.91 Å². The third-order valence-corrected chi connectivity index (χ3v) is 5.03. The quantitative estimate of drug-likeness (QED) is 0.707. The van der Waals surface area contributed by atoms with Gasteiger partial charge in [-0.05, 0) is 52.7 Å². The maximum Gasteiger partial charge on any atom is 0.411 e. The number of nitrogens with zero attached hydrogens (tertiary/aromatic N) is 2. The first-order chi connectivity index (χ1) is 14.8. The Kier molecular flexibility index (Phi) is 10.1. The van der Waals surface area contributed by atoms with E-state index in [1.54, 1.807) is 20.8 Å². The molecule has 0 atom stereocenters. The molecule has 7 nitrogen and oxygen atoms in total. The second-order valence-corrected chi connectivity index (χ2v) is 8.81. The summed E-state index contributed by atoms with van der Waals surface area (Å²) in [6.45, 7) is 7.11. The minimum atomic E-state index is -1.07. The van der Waals surface area contributed by atoms with Crippen LogP contribution in [-0.4, -0.2) is 64.2 Å². The van der Waals surface area contributed by atoms with E-state index in [1.807, 2.05) is 6.92 Å². The van der Waals surface area contributed by atoms with Gasteiger partial charge >= 0.3 is 12.1 Å². The van der Waals surface area contributed by atoms with E-state index in [2.05, 4.69) is 0 Å². The molecule has 1 aromatic rings. The Morgan fingerprint density at radius 3 is 2.00 bits per heavy atom. The molecule has 2 rings (SSSR count). The average Bonchev–Trinajstić information content (AvgIpc) is 2.67. The Balaban J connectivity index is 0.000000533. The van der Waals surface area contributed by atoms with Crippen molar-refractivity contribution in [1.82, 2.24) is 9.80 Å². The van der Waals surface area contributed by atoms with Gasteiger partial charge in [-0.2, -0.15) is 0 Å². The van der Waals surface area contributed by atoms with Crippen LogP contribution in [0.4, 0.5) is 13.6 Å². The molecule has 0 unspecified atom stereocenters. The number of halogens is 2. The molecule has 1 saturated carbocycles. The molecule has 0 aliphatic heterocycles. The number of ether oxygens (including phenoxy) is 1. The van der Waals surface area contributed by atoms with Crippen LogP contribution in [0.3, 0.4) is 0 Å². The Morgan fingerprint density at radius 1 is 1.09 bits per heavy atom. The Labute approximate surface area is 188 Å². The molecule has 0 aromatic heterocycles. The number of likely N-dealkylation sites (N-methyl/N-ethyl adjacent to an activating group) is 2. The lowest BCUT2D eigenvalue weighted by Gasteiger charge is -2.46. The van der Waals surface area contributed by atoms with Crippen LogP contribution in [0.15, 0.2) is 24.3 Å². The molecule has 180 valence electrons. The van der Waals surface area contributed by atoms with Gasteiger partial charge in [0, 0.05) is 19.7 Å². The molecule has 0 bridgehead atoms. The zero-order chi connectivity index (χ0) is 24.5. The second kappa shape index (κ2) is 11.8. The number of amides is 2. The summed E-state index contributed by atoms with van der Waals surface area (Å²) in [5, 5.41) is 8.97. The summed E-state index contributed by atoms with van der Waals surface area (Å²) in [6, 6.07) is 4.55. The molecule has 32 heavy (non-hydrogen) atoms. The summed E-state index contributed by atoms with van der Waals surface area (Å²) >= 11 is 0. The zero-order valence-electron chi connectivity index (χ0n) is 19.5. The molecule has 0 spiro atoms. The van der Waals surface area contributed by atoms with Gasteiger partial charge in [-0.15, -0.1) is 0 Å². The molecule has 1 aliphatic rings. The molecule has 0 heterocycles. The van der Waals surface area contributed by atoms with Crippen LogP contribution in [0, 0.1) is 11.6 Å². The van der Waals surface area contributed by atoms with E-state index >= 15 is 0 Å². The molecule has 0 radical (unpaired) electrons. The fourth-order valence-corrected chi connectivity index (χ4v) is 3.75. The monoisotopic (exact) mass is 456 g/mol. The van der Waals surface area contributed by atoms with E-state index in [9.17, 15) is 23.2 Å². The normalized spacial score (nSPS) is 15.1. The topological polar surface area (TPSA) is 87.2 Å². The fourth-order valence-electron chi connectivity index (χ4n) is 3.75. The van der Waals surface area contributed by atoms with E-state index in [0.717, 1.165) is 25.3 Å². The molecule has 9 heteroatoms. The van der Waals surface area contributed by atoms with Gasteiger partial charge in [-0.25, -0.2) is 13.6 Å². The van der Waals surface area contributed by atoms with Gasteiger partial charge in [0.25, 0.3) is 0 Å². The van der Waals surface area contributed by atoms with Crippen molar-refractivity contribution in [2.75, 3.05) is 20.1 Å².